The van der Waals surface area contributed by atoms with E-state index in [1.54, 1.807) is 0 Å². The minimum atomic E-state index is -0.259. The van der Waals surface area contributed by atoms with Gasteiger partial charge < -0.3 is 20.1 Å². The van der Waals surface area contributed by atoms with Crippen LogP contribution in [0.25, 0.3) is 0 Å². The first kappa shape index (κ1) is 19.4. The van der Waals surface area contributed by atoms with E-state index in [2.05, 4.69) is 34.2 Å². The third kappa shape index (κ3) is 5.10. The normalized spacial score (nSPS) is 23.3. The van der Waals surface area contributed by atoms with Crippen molar-refractivity contribution in [1.82, 2.24) is 15.1 Å². The fraction of sp³-hybridized carbons (Fsp3) is 0.632. The van der Waals surface area contributed by atoms with Gasteiger partial charge in [-0.2, -0.15) is 0 Å². The Morgan fingerprint density at radius 3 is 2.65 bits per heavy atom. The lowest BCUT2D eigenvalue weighted by Crippen LogP contribution is -2.43. The number of β-amino-alcohol motifs (C(OH)–C–C–N with tert-alkyl or cyclic N) is 1. The van der Waals surface area contributed by atoms with Crippen LogP contribution in [0.4, 0.5) is 0 Å². The van der Waals surface area contributed by atoms with Gasteiger partial charge in [-0.05, 0) is 31.0 Å². The second-order valence-electron chi connectivity index (χ2n) is 6.80. The van der Waals surface area contributed by atoms with Crippen molar-refractivity contribution in [2.24, 2.45) is 4.99 Å². The molecular formula is C19H29ClN4O2. The van der Waals surface area contributed by atoms with Crippen LogP contribution >= 0.6 is 11.6 Å². The maximum Gasteiger partial charge on any atom is 0.194 e. The summed E-state index contributed by atoms with van der Waals surface area (Å²) in [6.07, 6.45) is 0.541. The summed E-state index contributed by atoms with van der Waals surface area (Å²) in [6, 6.07) is 8.25. The molecule has 2 N–H and O–H groups in total. The Morgan fingerprint density at radius 2 is 2.04 bits per heavy atom. The number of ether oxygens (including phenoxy) is 1. The summed E-state index contributed by atoms with van der Waals surface area (Å²) in [4.78, 5) is 9.48. The molecule has 2 aliphatic heterocycles. The Balaban J connectivity index is 1.77. The Labute approximate surface area is 160 Å². The molecule has 26 heavy (non-hydrogen) atoms. The van der Waals surface area contributed by atoms with E-state index in [0.29, 0.717) is 13.1 Å². The molecule has 6 nitrogen and oxygen atoms in total. The molecule has 2 atom stereocenters. The quantitative estimate of drug-likeness (QED) is 0.602. The largest absolute Gasteiger partial charge is 0.391 e. The van der Waals surface area contributed by atoms with E-state index in [0.717, 1.165) is 56.8 Å². The number of hydrogen-bond donors (Lipinski definition) is 2. The highest BCUT2D eigenvalue weighted by atomic mass is 35.5. The van der Waals surface area contributed by atoms with Gasteiger partial charge >= 0.3 is 0 Å². The van der Waals surface area contributed by atoms with Crippen LogP contribution in [0.15, 0.2) is 29.3 Å². The van der Waals surface area contributed by atoms with Crippen molar-refractivity contribution in [2.75, 3.05) is 52.5 Å². The van der Waals surface area contributed by atoms with E-state index in [1.807, 2.05) is 12.1 Å². The minimum absolute atomic E-state index is 0.192. The van der Waals surface area contributed by atoms with Crippen LogP contribution in [0, 0.1) is 0 Å². The van der Waals surface area contributed by atoms with E-state index in [9.17, 15) is 5.11 Å². The van der Waals surface area contributed by atoms with Crippen LogP contribution in [-0.4, -0.2) is 79.5 Å². The molecule has 0 radical (unpaired) electrons. The van der Waals surface area contributed by atoms with Gasteiger partial charge in [0.05, 0.1) is 31.9 Å². The standard InChI is InChI=1S/C19H29ClN4O2/c1-2-21-19(24-8-7-17(25)14-24)22-13-18(23-9-11-26-12-10-23)15-3-5-16(20)6-4-15/h3-6,17-18,25H,2,7-14H2,1H3,(H,21,22)/t17-,18?/m1/s1. The number of halogens is 1. The van der Waals surface area contributed by atoms with Crippen molar-refractivity contribution in [1.29, 1.82) is 0 Å². The fourth-order valence-corrected chi connectivity index (χ4v) is 3.66. The van der Waals surface area contributed by atoms with Crippen molar-refractivity contribution in [2.45, 2.75) is 25.5 Å². The minimum Gasteiger partial charge on any atom is -0.391 e. The van der Waals surface area contributed by atoms with Crippen LogP contribution in [-0.2, 0) is 4.74 Å². The number of benzene rings is 1. The SMILES string of the molecule is CCNC(=NCC(c1ccc(Cl)cc1)N1CCOCC1)N1CC[C@@H](O)C1. The number of nitrogens with zero attached hydrogens (tertiary/aromatic N) is 3. The molecule has 1 aromatic rings. The molecule has 0 bridgehead atoms. The maximum absolute atomic E-state index is 9.84. The zero-order valence-electron chi connectivity index (χ0n) is 15.4. The number of guanidine groups is 1. The summed E-state index contributed by atoms with van der Waals surface area (Å²) < 4.78 is 5.52. The molecule has 144 valence electrons. The van der Waals surface area contributed by atoms with Gasteiger partial charge in [-0.15, -0.1) is 0 Å². The van der Waals surface area contributed by atoms with Crippen LogP contribution < -0.4 is 5.32 Å². The maximum atomic E-state index is 9.84. The Morgan fingerprint density at radius 1 is 1.31 bits per heavy atom. The molecule has 2 saturated heterocycles. The first-order chi connectivity index (χ1) is 12.7. The molecule has 1 aromatic carbocycles. The summed E-state index contributed by atoms with van der Waals surface area (Å²) in [5.74, 6) is 0.885. The van der Waals surface area contributed by atoms with Crippen molar-refractivity contribution in [3.63, 3.8) is 0 Å². The predicted molar refractivity (Wildman–Crippen MR) is 105 cm³/mol. The molecule has 0 aliphatic carbocycles. The van der Waals surface area contributed by atoms with Crippen LogP contribution in [0.5, 0.6) is 0 Å². The molecule has 3 rings (SSSR count). The van der Waals surface area contributed by atoms with E-state index < -0.39 is 0 Å². The average molecular weight is 381 g/mol. The molecule has 7 heteroatoms. The lowest BCUT2D eigenvalue weighted by Gasteiger charge is -2.34. The smallest absolute Gasteiger partial charge is 0.194 e. The highest BCUT2D eigenvalue weighted by molar-refractivity contribution is 6.30. The number of likely N-dealkylation sites (tertiary alicyclic amines) is 1. The number of nitrogens with one attached hydrogen (secondary N) is 1. The van der Waals surface area contributed by atoms with E-state index in [4.69, 9.17) is 21.3 Å². The van der Waals surface area contributed by atoms with Gasteiger partial charge in [-0.3, -0.25) is 9.89 Å². The first-order valence-corrected chi connectivity index (χ1v) is 9.83. The summed E-state index contributed by atoms with van der Waals surface area (Å²) in [6.45, 7) is 8.36. The van der Waals surface area contributed by atoms with E-state index in [1.165, 1.54) is 5.56 Å². The zero-order valence-corrected chi connectivity index (χ0v) is 16.2. The molecule has 0 saturated carbocycles. The molecule has 2 heterocycles. The third-order valence-electron chi connectivity index (χ3n) is 4.95. The molecule has 2 aliphatic rings. The number of rotatable bonds is 5. The second kappa shape index (κ2) is 9.55. The second-order valence-corrected chi connectivity index (χ2v) is 7.24. The Bertz CT molecular complexity index is 590. The van der Waals surface area contributed by atoms with E-state index in [-0.39, 0.29) is 12.1 Å². The van der Waals surface area contributed by atoms with Gasteiger partial charge in [0.15, 0.2) is 5.96 Å². The molecular weight excluding hydrogens is 352 g/mol. The van der Waals surface area contributed by atoms with Gasteiger partial charge in [0, 0.05) is 37.7 Å². The highest BCUT2D eigenvalue weighted by Crippen LogP contribution is 2.24. The van der Waals surface area contributed by atoms with E-state index >= 15 is 0 Å². The third-order valence-corrected chi connectivity index (χ3v) is 5.20. The van der Waals surface area contributed by atoms with Gasteiger partial charge in [0.25, 0.3) is 0 Å². The first-order valence-electron chi connectivity index (χ1n) is 9.46. The Hall–Kier alpha value is -1.34. The van der Waals surface area contributed by atoms with Gasteiger partial charge in [-0.25, -0.2) is 0 Å². The monoisotopic (exact) mass is 380 g/mol. The number of aliphatic hydroxyl groups is 1. The zero-order chi connectivity index (χ0) is 18.4. The van der Waals surface area contributed by atoms with Gasteiger partial charge in [0.1, 0.15) is 0 Å². The van der Waals surface area contributed by atoms with Gasteiger partial charge in [0.2, 0.25) is 0 Å². The summed E-state index contributed by atoms with van der Waals surface area (Å²) in [7, 11) is 0. The van der Waals surface area contributed by atoms with Crippen LogP contribution in [0.3, 0.4) is 0 Å². The molecule has 0 aromatic heterocycles. The van der Waals surface area contributed by atoms with Crippen molar-refractivity contribution in [3.05, 3.63) is 34.9 Å². The number of hydrogen-bond acceptors (Lipinski definition) is 4. The van der Waals surface area contributed by atoms with Crippen LogP contribution in [0.1, 0.15) is 24.9 Å². The van der Waals surface area contributed by atoms with Crippen LogP contribution in [0.2, 0.25) is 5.02 Å². The number of aliphatic hydroxyl groups excluding tert-OH is 1. The Kier molecular flexibility index (Phi) is 7.14. The fourth-order valence-electron chi connectivity index (χ4n) is 3.54. The number of morpholine rings is 1. The lowest BCUT2D eigenvalue weighted by molar-refractivity contribution is 0.0179. The summed E-state index contributed by atoms with van der Waals surface area (Å²) >= 11 is 6.07. The van der Waals surface area contributed by atoms with Crippen molar-refractivity contribution >= 4 is 17.6 Å². The van der Waals surface area contributed by atoms with Crippen molar-refractivity contribution in [3.8, 4) is 0 Å². The number of aliphatic imine (C=N–C) groups is 1. The summed E-state index contributed by atoms with van der Waals surface area (Å²) in [5.41, 5.74) is 1.22. The summed E-state index contributed by atoms with van der Waals surface area (Å²) in [5, 5.41) is 14.0. The molecule has 0 amide bonds. The highest BCUT2D eigenvalue weighted by Gasteiger charge is 2.25. The lowest BCUT2D eigenvalue weighted by atomic mass is 10.0. The molecule has 1 unspecified atom stereocenters. The topological polar surface area (TPSA) is 60.3 Å². The van der Waals surface area contributed by atoms with Gasteiger partial charge in [-0.1, -0.05) is 23.7 Å². The molecule has 2 fully saturated rings. The molecule has 0 spiro atoms. The predicted octanol–water partition coefficient (Wildman–Crippen LogP) is 1.75. The average Bonchev–Trinajstić information content (AvgIpc) is 3.09. The van der Waals surface area contributed by atoms with Crippen molar-refractivity contribution < 1.29 is 9.84 Å².